The van der Waals surface area contributed by atoms with E-state index < -0.39 is 0 Å². The molecule has 1 rings (SSSR count). The summed E-state index contributed by atoms with van der Waals surface area (Å²) in [5.74, 6) is 0.0591. The lowest BCUT2D eigenvalue weighted by Gasteiger charge is -2.26. The van der Waals surface area contributed by atoms with Crippen molar-refractivity contribution in [2.75, 3.05) is 18.1 Å². The lowest BCUT2D eigenvalue weighted by Crippen LogP contribution is -2.37. The highest BCUT2D eigenvalue weighted by atomic mass is 16.5. The molecule has 0 aliphatic rings. The molecular formula is C12H16N4O2. The number of rotatable bonds is 5. The van der Waals surface area contributed by atoms with Crippen LogP contribution in [0.25, 0.3) is 0 Å². The Hall–Kier alpha value is -2.16. The Kier molecular flexibility index (Phi) is 5.06. The first-order valence-corrected chi connectivity index (χ1v) is 5.74. The van der Waals surface area contributed by atoms with Gasteiger partial charge in [-0.15, -0.1) is 5.10 Å². The quantitative estimate of drug-likeness (QED) is 0.727. The monoisotopic (exact) mass is 248 g/mol. The van der Waals surface area contributed by atoms with Crippen molar-refractivity contribution in [3.63, 3.8) is 0 Å². The number of hydrogen-bond donors (Lipinski definition) is 0. The van der Waals surface area contributed by atoms with Crippen LogP contribution in [0, 0.1) is 11.3 Å². The van der Waals surface area contributed by atoms with Gasteiger partial charge in [0.2, 0.25) is 0 Å². The summed E-state index contributed by atoms with van der Waals surface area (Å²) < 4.78 is 4.91. The third-order valence-electron chi connectivity index (χ3n) is 2.32. The summed E-state index contributed by atoms with van der Waals surface area (Å²) in [5, 5.41) is 16.7. The van der Waals surface area contributed by atoms with E-state index in [0.29, 0.717) is 18.0 Å². The normalized spacial score (nSPS) is 9.94. The van der Waals surface area contributed by atoms with Crippen molar-refractivity contribution in [2.24, 2.45) is 0 Å². The van der Waals surface area contributed by atoms with Crippen LogP contribution >= 0.6 is 0 Å². The zero-order valence-electron chi connectivity index (χ0n) is 10.8. The Morgan fingerprint density at radius 1 is 1.61 bits per heavy atom. The van der Waals surface area contributed by atoms with Crippen molar-refractivity contribution in [1.82, 2.24) is 10.2 Å². The fourth-order valence-electron chi connectivity index (χ4n) is 1.47. The molecule has 0 amide bonds. The van der Waals surface area contributed by atoms with Crippen molar-refractivity contribution in [3.8, 4) is 6.07 Å². The summed E-state index contributed by atoms with van der Waals surface area (Å²) in [6.45, 7) is 5.96. The molecule has 0 aromatic carbocycles. The Labute approximate surface area is 106 Å². The molecule has 0 bridgehead atoms. The molecule has 1 heterocycles. The minimum Gasteiger partial charge on any atom is -0.465 e. The van der Waals surface area contributed by atoms with Crippen molar-refractivity contribution in [3.05, 3.63) is 17.8 Å². The lowest BCUT2D eigenvalue weighted by molar-refractivity contribution is -0.141. The fourth-order valence-corrected chi connectivity index (χ4v) is 1.47. The van der Waals surface area contributed by atoms with Gasteiger partial charge < -0.3 is 9.64 Å². The summed E-state index contributed by atoms with van der Waals surface area (Å²) in [5.41, 5.74) is 0.392. The van der Waals surface area contributed by atoms with Crippen LogP contribution in [-0.4, -0.2) is 35.4 Å². The number of esters is 1. The number of hydrogen-bond acceptors (Lipinski definition) is 6. The van der Waals surface area contributed by atoms with E-state index in [1.165, 1.54) is 6.20 Å². The Balaban J connectivity index is 2.98. The second kappa shape index (κ2) is 6.55. The average Bonchev–Trinajstić information content (AvgIpc) is 2.36. The first-order valence-electron chi connectivity index (χ1n) is 5.74. The summed E-state index contributed by atoms with van der Waals surface area (Å²) in [6, 6.07) is 3.62. The molecule has 0 saturated heterocycles. The third kappa shape index (κ3) is 3.42. The SMILES string of the molecule is CCOC(=O)CN(c1nnccc1C#N)C(C)C. The van der Waals surface area contributed by atoms with Gasteiger partial charge in [0, 0.05) is 6.04 Å². The van der Waals surface area contributed by atoms with Crippen LogP contribution in [0.3, 0.4) is 0 Å². The predicted octanol–water partition coefficient (Wildman–Crippen LogP) is 1.13. The molecule has 0 spiro atoms. The van der Waals surface area contributed by atoms with Crippen molar-refractivity contribution < 1.29 is 9.53 Å². The molecule has 0 atom stereocenters. The molecule has 0 radical (unpaired) electrons. The van der Waals surface area contributed by atoms with Gasteiger partial charge in [-0.05, 0) is 26.8 Å². The molecule has 18 heavy (non-hydrogen) atoms. The van der Waals surface area contributed by atoms with E-state index in [2.05, 4.69) is 10.2 Å². The van der Waals surface area contributed by atoms with E-state index in [1.54, 1.807) is 17.9 Å². The minimum atomic E-state index is -0.347. The standard InChI is InChI=1S/C12H16N4O2/c1-4-18-11(17)8-16(9(2)3)12-10(7-13)5-6-14-15-12/h5-6,9H,4,8H2,1-3H3. The van der Waals surface area contributed by atoms with E-state index >= 15 is 0 Å². The highest BCUT2D eigenvalue weighted by molar-refractivity contribution is 5.76. The maximum absolute atomic E-state index is 11.5. The third-order valence-corrected chi connectivity index (χ3v) is 2.32. The topological polar surface area (TPSA) is 79.1 Å². The van der Waals surface area contributed by atoms with Crippen molar-refractivity contribution in [2.45, 2.75) is 26.8 Å². The lowest BCUT2D eigenvalue weighted by atomic mass is 10.2. The molecule has 0 aliphatic carbocycles. The Bertz CT molecular complexity index is 454. The van der Waals surface area contributed by atoms with Gasteiger partial charge in [0.1, 0.15) is 12.6 Å². The molecule has 0 unspecified atom stereocenters. The molecule has 0 fully saturated rings. The van der Waals surface area contributed by atoms with Gasteiger partial charge in [0.25, 0.3) is 0 Å². The molecule has 6 nitrogen and oxygen atoms in total. The van der Waals surface area contributed by atoms with Crippen molar-refractivity contribution in [1.29, 1.82) is 5.26 Å². The molecule has 96 valence electrons. The van der Waals surface area contributed by atoms with E-state index in [9.17, 15) is 4.79 Å². The van der Waals surface area contributed by atoms with E-state index in [1.807, 2.05) is 19.9 Å². The van der Waals surface area contributed by atoms with Gasteiger partial charge in [0.05, 0.1) is 18.4 Å². The van der Waals surface area contributed by atoms with Crippen LogP contribution in [0.15, 0.2) is 12.3 Å². The number of aromatic nitrogens is 2. The summed E-state index contributed by atoms with van der Waals surface area (Å²) >= 11 is 0. The van der Waals surface area contributed by atoms with Crippen LogP contribution in [0.4, 0.5) is 5.82 Å². The van der Waals surface area contributed by atoms with Gasteiger partial charge in [0.15, 0.2) is 5.82 Å². The molecule has 1 aromatic heterocycles. The van der Waals surface area contributed by atoms with Gasteiger partial charge in [-0.2, -0.15) is 10.4 Å². The van der Waals surface area contributed by atoms with Crippen LogP contribution in [0.1, 0.15) is 26.3 Å². The van der Waals surface area contributed by atoms with E-state index in [4.69, 9.17) is 10.00 Å². The van der Waals surface area contributed by atoms with Crippen LogP contribution in [0.2, 0.25) is 0 Å². The molecule has 0 N–H and O–H groups in total. The second-order valence-electron chi connectivity index (χ2n) is 3.91. The average molecular weight is 248 g/mol. The van der Waals surface area contributed by atoms with Crippen LogP contribution < -0.4 is 4.90 Å². The highest BCUT2D eigenvalue weighted by Gasteiger charge is 2.20. The van der Waals surface area contributed by atoms with E-state index in [-0.39, 0.29) is 18.6 Å². The van der Waals surface area contributed by atoms with Gasteiger partial charge >= 0.3 is 5.97 Å². The number of carbonyl (C=O) groups excluding carboxylic acids is 1. The van der Waals surface area contributed by atoms with Gasteiger partial charge in [-0.25, -0.2) is 0 Å². The summed E-state index contributed by atoms with van der Waals surface area (Å²) in [4.78, 5) is 13.2. The zero-order chi connectivity index (χ0) is 13.5. The number of anilines is 1. The second-order valence-corrected chi connectivity index (χ2v) is 3.91. The molecule has 0 aliphatic heterocycles. The Morgan fingerprint density at radius 2 is 2.33 bits per heavy atom. The number of nitriles is 1. The molecule has 0 saturated carbocycles. The first-order chi connectivity index (χ1) is 8.60. The number of carbonyl (C=O) groups is 1. The van der Waals surface area contributed by atoms with Gasteiger partial charge in [-0.3, -0.25) is 4.79 Å². The minimum absolute atomic E-state index is 0.0122. The maximum atomic E-state index is 11.5. The summed E-state index contributed by atoms with van der Waals surface area (Å²) in [7, 11) is 0. The smallest absolute Gasteiger partial charge is 0.325 e. The molecular weight excluding hydrogens is 232 g/mol. The largest absolute Gasteiger partial charge is 0.465 e. The van der Waals surface area contributed by atoms with Crippen LogP contribution in [0.5, 0.6) is 0 Å². The summed E-state index contributed by atoms with van der Waals surface area (Å²) in [6.07, 6.45) is 1.45. The highest BCUT2D eigenvalue weighted by Crippen LogP contribution is 2.17. The maximum Gasteiger partial charge on any atom is 0.325 e. The van der Waals surface area contributed by atoms with Crippen molar-refractivity contribution >= 4 is 11.8 Å². The molecule has 6 heteroatoms. The fraction of sp³-hybridized carbons (Fsp3) is 0.500. The van der Waals surface area contributed by atoms with E-state index in [0.717, 1.165) is 0 Å². The predicted molar refractivity (Wildman–Crippen MR) is 65.9 cm³/mol. The van der Waals surface area contributed by atoms with Gasteiger partial charge in [-0.1, -0.05) is 0 Å². The Morgan fingerprint density at radius 3 is 2.89 bits per heavy atom. The van der Waals surface area contributed by atoms with Crippen LogP contribution in [-0.2, 0) is 9.53 Å². The zero-order valence-corrected chi connectivity index (χ0v) is 10.8. The number of nitrogens with zero attached hydrogens (tertiary/aromatic N) is 4. The number of ether oxygens (including phenoxy) is 1. The first kappa shape index (κ1) is 13.9. The molecule has 1 aromatic rings.